The Kier molecular flexibility index (Phi) is 2.62. The minimum Gasteiger partial charge on any atom is -0.266 e. The van der Waals surface area contributed by atoms with Crippen LogP contribution in [0.25, 0.3) is 0 Å². The summed E-state index contributed by atoms with van der Waals surface area (Å²) in [6.45, 7) is 0.817. The lowest BCUT2D eigenvalue weighted by atomic mass is 10.2. The molecule has 2 rings (SSSR count). The molecular weight excluding hydrogens is 194 g/mol. The Balaban J connectivity index is 2.27. The molecule has 1 aliphatic rings. The highest BCUT2D eigenvalue weighted by atomic mass is 16.6. The molecule has 78 valence electrons. The lowest BCUT2D eigenvalue weighted by Gasteiger charge is -2.21. The zero-order chi connectivity index (χ0) is 10.7. The Morgan fingerprint density at radius 1 is 1.47 bits per heavy atom. The molecule has 0 saturated heterocycles. The standard InChI is InChI=1S/C10H11N3O2/c14-13(15)10-5-3-4-9(8-10)12-7-2-1-6-11-12/h3-6,8H,1-2,7H2. The van der Waals surface area contributed by atoms with E-state index in [2.05, 4.69) is 5.10 Å². The summed E-state index contributed by atoms with van der Waals surface area (Å²) in [5.41, 5.74) is 0.883. The number of nitrogens with zero attached hydrogens (tertiary/aromatic N) is 3. The number of nitro groups is 1. The topological polar surface area (TPSA) is 58.7 Å². The summed E-state index contributed by atoms with van der Waals surface area (Å²) in [7, 11) is 0. The van der Waals surface area contributed by atoms with Crippen molar-refractivity contribution in [1.29, 1.82) is 0 Å². The van der Waals surface area contributed by atoms with E-state index in [1.807, 2.05) is 12.3 Å². The number of hydrogen-bond donors (Lipinski definition) is 0. The number of hydrogen-bond acceptors (Lipinski definition) is 4. The molecule has 0 radical (unpaired) electrons. The van der Waals surface area contributed by atoms with E-state index in [1.54, 1.807) is 17.1 Å². The number of benzene rings is 1. The molecule has 5 heteroatoms. The van der Waals surface area contributed by atoms with Gasteiger partial charge in [0.15, 0.2) is 0 Å². The van der Waals surface area contributed by atoms with Crippen molar-refractivity contribution in [2.24, 2.45) is 5.10 Å². The molecule has 0 fully saturated rings. The molecule has 0 bridgehead atoms. The van der Waals surface area contributed by atoms with Crippen LogP contribution in [0.3, 0.4) is 0 Å². The fourth-order valence-corrected chi connectivity index (χ4v) is 1.51. The van der Waals surface area contributed by atoms with Crippen LogP contribution in [0, 0.1) is 10.1 Å². The zero-order valence-corrected chi connectivity index (χ0v) is 8.17. The summed E-state index contributed by atoms with van der Waals surface area (Å²) in [5.74, 6) is 0. The highest BCUT2D eigenvalue weighted by Crippen LogP contribution is 2.22. The molecule has 0 N–H and O–H groups in total. The molecule has 0 aliphatic carbocycles. The van der Waals surface area contributed by atoms with Gasteiger partial charge < -0.3 is 0 Å². The van der Waals surface area contributed by atoms with Crippen LogP contribution in [0.5, 0.6) is 0 Å². The van der Waals surface area contributed by atoms with Gasteiger partial charge in [0.2, 0.25) is 0 Å². The van der Waals surface area contributed by atoms with Crippen LogP contribution in [0.4, 0.5) is 11.4 Å². The van der Waals surface area contributed by atoms with Crippen LogP contribution >= 0.6 is 0 Å². The quantitative estimate of drug-likeness (QED) is 0.549. The molecule has 5 nitrogen and oxygen atoms in total. The van der Waals surface area contributed by atoms with E-state index in [1.165, 1.54) is 6.07 Å². The van der Waals surface area contributed by atoms with E-state index in [0.29, 0.717) is 0 Å². The van der Waals surface area contributed by atoms with E-state index in [0.717, 1.165) is 25.1 Å². The molecule has 0 amide bonds. The van der Waals surface area contributed by atoms with Crippen LogP contribution < -0.4 is 5.01 Å². The Hall–Kier alpha value is -1.91. The zero-order valence-electron chi connectivity index (χ0n) is 8.17. The van der Waals surface area contributed by atoms with Crippen molar-refractivity contribution in [2.75, 3.05) is 11.6 Å². The minimum atomic E-state index is -0.392. The molecule has 0 atom stereocenters. The first-order valence-corrected chi connectivity index (χ1v) is 4.82. The van der Waals surface area contributed by atoms with E-state index in [4.69, 9.17) is 0 Å². The van der Waals surface area contributed by atoms with Gasteiger partial charge in [0.25, 0.3) is 5.69 Å². The van der Waals surface area contributed by atoms with Gasteiger partial charge >= 0.3 is 0 Å². The molecule has 0 unspecified atom stereocenters. The second kappa shape index (κ2) is 4.08. The largest absolute Gasteiger partial charge is 0.271 e. The predicted octanol–water partition coefficient (Wildman–Crippen LogP) is 2.18. The smallest absolute Gasteiger partial charge is 0.266 e. The summed E-state index contributed by atoms with van der Waals surface area (Å²) >= 11 is 0. The Morgan fingerprint density at radius 3 is 3.00 bits per heavy atom. The lowest BCUT2D eigenvalue weighted by Crippen LogP contribution is -2.21. The molecule has 0 saturated carbocycles. The van der Waals surface area contributed by atoms with Crippen molar-refractivity contribution in [1.82, 2.24) is 0 Å². The highest BCUT2D eigenvalue weighted by Gasteiger charge is 2.11. The Morgan fingerprint density at radius 2 is 2.33 bits per heavy atom. The molecule has 1 aromatic carbocycles. The summed E-state index contributed by atoms with van der Waals surface area (Å²) in [6.07, 6.45) is 3.85. The second-order valence-electron chi connectivity index (χ2n) is 3.34. The normalized spacial score (nSPS) is 15.3. The highest BCUT2D eigenvalue weighted by molar-refractivity contribution is 5.63. The van der Waals surface area contributed by atoms with Crippen LogP contribution in [0.2, 0.25) is 0 Å². The van der Waals surface area contributed by atoms with Crippen LogP contribution in [-0.4, -0.2) is 17.7 Å². The number of nitro benzene ring substituents is 1. The third-order valence-corrected chi connectivity index (χ3v) is 2.26. The third-order valence-electron chi connectivity index (χ3n) is 2.26. The minimum absolute atomic E-state index is 0.105. The van der Waals surface area contributed by atoms with Crippen LogP contribution in [0.1, 0.15) is 12.8 Å². The molecule has 1 aromatic rings. The Labute approximate surface area is 87.2 Å². The molecule has 1 heterocycles. The fraction of sp³-hybridized carbons (Fsp3) is 0.300. The summed E-state index contributed by atoms with van der Waals surface area (Å²) in [5, 5.41) is 16.6. The van der Waals surface area contributed by atoms with Gasteiger partial charge in [-0.2, -0.15) is 5.10 Å². The van der Waals surface area contributed by atoms with Crippen LogP contribution in [-0.2, 0) is 0 Å². The fourth-order valence-electron chi connectivity index (χ4n) is 1.51. The van der Waals surface area contributed by atoms with Crippen molar-refractivity contribution in [3.05, 3.63) is 34.4 Å². The summed E-state index contributed by atoms with van der Waals surface area (Å²) < 4.78 is 0. The van der Waals surface area contributed by atoms with Gasteiger partial charge in [-0.25, -0.2) is 0 Å². The number of hydrazone groups is 1. The number of anilines is 1. The SMILES string of the molecule is O=[N+]([O-])c1cccc(N2CCCC=N2)c1. The first kappa shape index (κ1) is 9.64. The van der Waals surface area contributed by atoms with E-state index in [9.17, 15) is 10.1 Å². The summed E-state index contributed by atoms with van der Waals surface area (Å²) in [4.78, 5) is 10.2. The van der Waals surface area contributed by atoms with E-state index in [-0.39, 0.29) is 5.69 Å². The first-order chi connectivity index (χ1) is 7.27. The third kappa shape index (κ3) is 2.12. The van der Waals surface area contributed by atoms with Gasteiger partial charge in [0, 0.05) is 24.9 Å². The van der Waals surface area contributed by atoms with Crippen molar-refractivity contribution in [3.63, 3.8) is 0 Å². The lowest BCUT2D eigenvalue weighted by molar-refractivity contribution is -0.384. The van der Waals surface area contributed by atoms with Crippen molar-refractivity contribution >= 4 is 17.6 Å². The van der Waals surface area contributed by atoms with Gasteiger partial charge in [-0.15, -0.1) is 0 Å². The van der Waals surface area contributed by atoms with Crippen molar-refractivity contribution in [2.45, 2.75) is 12.8 Å². The van der Waals surface area contributed by atoms with Crippen LogP contribution in [0.15, 0.2) is 29.4 Å². The monoisotopic (exact) mass is 205 g/mol. The second-order valence-corrected chi connectivity index (χ2v) is 3.34. The first-order valence-electron chi connectivity index (χ1n) is 4.82. The van der Waals surface area contributed by atoms with Gasteiger partial charge in [0.05, 0.1) is 10.6 Å². The van der Waals surface area contributed by atoms with Gasteiger partial charge in [-0.1, -0.05) is 6.07 Å². The molecular formula is C10H11N3O2. The van der Waals surface area contributed by atoms with Crippen molar-refractivity contribution < 1.29 is 4.92 Å². The van der Waals surface area contributed by atoms with Gasteiger partial charge in [-0.3, -0.25) is 15.1 Å². The molecule has 15 heavy (non-hydrogen) atoms. The maximum Gasteiger partial charge on any atom is 0.271 e. The average Bonchev–Trinajstić information content (AvgIpc) is 2.30. The van der Waals surface area contributed by atoms with Crippen molar-refractivity contribution in [3.8, 4) is 0 Å². The van der Waals surface area contributed by atoms with E-state index < -0.39 is 4.92 Å². The van der Waals surface area contributed by atoms with E-state index >= 15 is 0 Å². The molecule has 1 aliphatic heterocycles. The Bertz CT molecular complexity index is 403. The van der Waals surface area contributed by atoms with Gasteiger partial charge in [0.1, 0.15) is 0 Å². The predicted molar refractivity (Wildman–Crippen MR) is 58.2 cm³/mol. The maximum atomic E-state index is 10.6. The number of non-ortho nitro benzene ring substituents is 1. The molecule has 0 aromatic heterocycles. The average molecular weight is 205 g/mol. The maximum absolute atomic E-state index is 10.6. The summed E-state index contributed by atoms with van der Waals surface area (Å²) in [6, 6.07) is 6.53. The van der Waals surface area contributed by atoms with Gasteiger partial charge in [-0.05, 0) is 18.9 Å². The molecule has 0 spiro atoms. The number of rotatable bonds is 2.